The topological polar surface area (TPSA) is 61.5 Å². The summed E-state index contributed by atoms with van der Waals surface area (Å²) >= 11 is 12.5. The Kier molecular flexibility index (Phi) is 6.49. The van der Waals surface area contributed by atoms with Crippen LogP contribution in [-0.2, 0) is 0 Å². The number of nitrogens with zero attached hydrogens (tertiary/aromatic N) is 1. The molecule has 4 nitrogen and oxygen atoms in total. The smallest absolute Gasteiger partial charge is 0.0598 e. The minimum atomic E-state index is -0.402. The Hall–Kier alpha value is 0.420. The zero-order valence-corrected chi connectivity index (χ0v) is 15.4. The maximum Gasteiger partial charge on any atom is 0.0598 e. The van der Waals surface area contributed by atoms with Crippen molar-refractivity contribution >= 4 is 23.2 Å². The van der Waals surface area contributed by atoms with E-state index in [1.165, 1.54) is 19.3 Å². The Morgan fingerprint density at radius 1 is 1.04 bits per heavy atom. The largest absolute Gasteiger partial charge is 0.393 e. The fourth-order valence-corrected chi connectivity index (χ4v) is 5.24. The highest BCUT2D eigenvalue weighted by Gasteiger charge is 2.40. The quantitative estimate of drug-likeness (QED) is 0.672. The third kappa shape index (κ3) is 4.34. The number of halogens is 2. The maximum absolute atomic E-state index is 10.4. The summed E-state index contributed by atoms with van der Waals surface area (Å²) in [6, 6.07) is 0.0388. The van der Waals surface area contributed by atoms with Crippen molar-refractivity contribution in [3.05, 3.63) is 0 Å². The molecule has 0 aromatic heterocycles. The van der Waals surface area contributed by atoms with Gasteiger partial charge in [-0.2, -0.15) is 0 Å². The zero-order chi connectivity index (χ0) is 16.4. The van der Waals surface area contributed by atoms with Crippen LogP contribution in [0, 0.1) is 11.8 Å². The predicted molar refractivity (Wildman–Crippen MR) is 95.9 cm³/mol. The van der Waals surface area contributed by atoms with Crippen molar-refractivity contribution in [1.82, 2.24) is 10.2 Å². The highest BCUT2D eigenvalue weighted by molar-refractivity contribution is 6.30. The normalized spacial score (nSPS) is 42.5. The second-order valence-electron chi connectivity index (χ2n) is 7.65. The number of nitrogens with two attached hydrogens (primary N) is 1. The Bertz CT molecular complexity index is 373. The average molecular weight is 364 g/mol. The number of piperidine rings is 2. The van der Waals surface area contributed by atoms with E-state index < -0.39 is 6.10 Å². The molecule has 1 saturated carbocycles. The Balaban J connectivity index is 1.50. The van der Waals surface area contributed by atoms with Gasteiger partial charge in [-0.25, -0.2) is 0 Å². The van der Waals surface area contributed by atoms with E-state index in [9.17, 15) is 5.11 Å². The lowest BCUT2D eigenvalue weighted by Crippen LogP contribution is -2.55. The van der Waals surface area contributed by atoms with Gasteiger partial charge in [-0.1, -0.05) is 0 Å². The molecule has 1 aliphatic carbocycles. The number of alkyl halides is 2. The van der Waals surface area contributed by atoms with Crippen molar-refractivity contribution < 1.29 is 5.11 Å². The molecule has 0 bridgehead atoms. The number of likely N-dealkylation sites (tertiary alicyclic amines) is 1. The summed E-state index contributed by atoms with van der Waals surface area (Å²) in [5.74, 6) is 0.585. The van der Waals surface area contributed by atoms with E-state index in [0.717, 1.165) is 38.9 Å². The van der Waals surface area contributed by atoms with Gasteiger partial charge < -0.3 is 16.2 Å². The lowest BCUT2D eigenvalue weighted by atomic mass is 9.74. The van der Waals surface area contributed by atoms with Crippen LogP contribution in [0.25, 0.3) is 0 Å². The Morgan fingerprint density at radius 3 is 2.39 bits per heavy atom. The third-order valence-electron chi connectivity index (χ3n) is 6.19. The van der Waals surface area contributed by atoms with E-state index in [2.05, 4.69) is 10.2 Å². The van der Waals surface area contributed by atoms with E-state index >= 15 is 0 Å². The van der Waals surface area contributed by atoms with Gasteiger partial charge in [0.2, 0.25) is 0 Å². The number of hydrogen-bond acceptors (Lipinski definition) is 4. The van der Waals surface area contributed by atoms with Gasteiger partial charge in [0.05, 0.1) is 23.0 Å². The molecule has 3 rings (SSSR count). The summed E-state index contributed by atoms with van der Waals surface area (Å²) in [6.45, 7) is 3.37. The first-order chi connectivity index (χ1) is 11.1. The molecule has 3 fully saturated rings. The van der Waals surface area contributed by atoms with Crippen molar-refractivity contribution in [1.29, 1.82) is 0 Å². The Labute approximate surface area is 150 Å². The first-order valence-electron chi connectivity index (χ1n) is 9.25. The fourth-order valence-electron chi connectivity index (χ4n) is 4.64. The molecule has 23 heavy (non-hydrogen) atoms. The molecule has 0 radical (unpaired) electrons. The van der Waals surface area contributed by atoms with E-state index in [1.54, 1.807) is 0 Å². The molecule has 0 spiro atoms. The lowest BCUT2D eigenvalue weighted by molar-refractivity contribution is 0.0268. The van der Waals surface area contributed by atoms with Crippen LogP contribution in [0.5, 0.6) is 0 Å². The van der Waals surface area contributed by atoms with Gasteiger partial charge in [-0.15, -0.1) is 23.2 Å². The van der Waals surface area contributed by atoms with Crippen molar-refractivity contribution in [3.63, 3.8) is 0 Å². The number of rotatable bonds is 3. The van der Waals surface area contributed by atoms with Crippen LogP contribution in [0.1, 0.15) is 44.9 Å². The summed E-state index contributed by atoms with van der Waals surface area (Å²) in [5.41, 5.74) is 6.55. The number of hydrogen-bond donors (Lipinski definition) is 3. The molecular weight excluding hydrogens is 333 g/mol. The summed E-state index contributed by atoms with van der Waals surface area (Å²) in [7, 11) is 0. The molecule has 0 aromatic rings. The van der Waals surface area contributed by atoms with Crippen LogP contribution in [0.4, 0.5) is 0 Å². The minimum Gasteiger partial charge on any atom is -0.393 e. The highest BCUT2D eigenvalue weighted by Crippen LogP contribution is 2.37. The molecule has 0 amide bonds. The number of aliphatic hydroxyl groups excluding tert-OH is 1. The summed E-state index contributed by atoms with van der Waals surface area (Å²) in [4.78, 5) is 2.58. The highest BCUT2D eigenvalue weighted by atomic mass is 35.5. The minimum absolute atomic E-state index is 0.0388. The zero-order valence-electron chi connectivity index (χ0n) is 13.8. The second kappa shape index (κ2) is 8.20. The van der Waals surface area contributed by atoms with Gasteiger partial charge in [0.1, 0.15) is 0 Å². The molecule has 134 valence electrons. The lowest BCUT2D eigenvalue weighted by Gasteiger charge is -2.44. The van der Waals surface area contributed by atoms with Crippen LogP contribution < -0.4 is 11.1 Å². The van der Waals surface area contributed by atoms with Crippen molar-refractivity contribution in [2.45, 2.75) is 74.0 Å². The standard InChI is InChI=1S/C17H31Cl2N3O/c18-13-9-12(15(23)10-14(13)19)17(20)11-4-7-22(8-5-11)16-3-1-2-6-21-16/h11-17,21,23H,1-10,20H2. The second-order valence-corrected chi connectivity index (χ2v) is 8.77. The van der Waals surface area contributed by atoms with Crippen molar-refractivity contribution in [2.24, 2.45) is 17.6 Å². The molecule has 2 saturated heterocycles. The van der Waals surface area contributed by atoms with Gasteiger partial charge in [0.25, 0.3) is 0 Å². The SMILES string of the molecule is NC(C1CCN(C2CCCCN2)CC1)C1CC(Cl)C(Cl)CC1O. The predicted octanol–water partition coefficient (Wildman–Crippen LogP) is 2.11. The summed E-state index contributed by atoms with van der Waals surface area (Å²) in [5, 5.41) is 13.8. The van der Waals surface area contributed by atoms with Crippen LogP contribution in [0.15, 0.2) is 0 Å². The summed E-state index contributed by atoms with van der Waals surface area (Å²) < 4.78 is 0. The van der Waals surface area contributed by atoms with E-state index in [1.807, 2.05) is 0 Å². The van der Waals surface area contributed by atoms with Gasteiger partial charge in [0, 0.05) is 12.0 Å². The number of aliphatic hydroxyl groups is 1. The summed E-state index contributed by atoms with van der Waals surface area (Å²) in [6.07, 6.45) is 7.62. The maximum atomic E-state index is 10.4. The first kappa shape index (κ1) is 18.2. The van der Waals surface area contributed by atoms with Crippen LogP contribution in [-0.4, -0.2) is 58.7 Å². The Morgan fingerprint density at radius 2 is 1.74 bits per heavy atom. The molecule has 4 N–H and O–H groups in total. The van der Waals surface area contributed by atoms with Gasteiger partial charge >= 0.3 is 0 Å². The van der Waals surface area contributed by atoms with E-state index in [0.29, 0.717) is 18.5 Å². The fraction of sp³-hybridized carbons (Fsp3) is 1.00. The first-order valence-corrected chi connectivity index (χ1v) is 10.1. The van der Waals surface area contributed by atoms with Crippen LogP contribution in [0.2, 0.25) is 0 Å². The van der Waals surface area contributed by atoms with Crippen LogP contribution >= 0.6 is 23.2 Å². The van der Waals surface area contributed by atoms with E-state index in [-0.39, 0.29) is 22.7 Å². The molecule has 6 unspecified atom stereocenters. The molecular formula is C17H31Cl2N3O. The van der Waals surface area contributed by atoms with Gasteiger partial charge in [-0.05, 0) is 70.5 Å². The monoisotopic (exact) mass is 363 g/mol. The van der Waals surface area contributed by atoms with Crippen molar-refractivity contribution in [2.75, 3.05) is 19.6 Å². The number of nitrogens with one attached hydrogen (secondary N) is 1. The van der Waals surface area contributed by atoms with Crippen LogP contribution in [0.3, 0.4) is 0 Å². The average Bonchev–Trinajstić information content (AvgIpc) is 2.58. The van der Waals surface area contributed by atoms with Crippen molar-refractivity contribution in [3.8, 4) is 0 Å². The van der Waals surface area contributed by atoms with Gasteiger partial charge in [-0.3, -0.25) is 4.90 Å². The molecule has 0 aromatic carbocycles. The molecule has 6 atom stereocenters. The van der Waals surface area contributed by atoms with E-state index in [4.69, 9.17) is 28.9 Å². The van der Waals surface area contributed by atoms with Gasteiger partial charge in [0.15, 0.2) is 0 Å². The molecule has 2 heterocycles. The third-order valence-corrected chi connectivity index (χ3v) is 7.28. The molecule has 2 aliphatic heterocycles. The molecule has 3 aliphatic rings. The molecule has 6 heteroatoms.